The highest BCUT2D eigenvalue weighted by Crippen LogP contribution is 2.29. The Balaban J connectivity index is 1.34. The Labute approximate surface area is 210 Å². The van der Waals surface area contributed by atoms with E-state index in [1.54, 1.807) is 31.6 Å². The first-order chi connectivity index (χ1) is 17.1. The molecule has 3 aromatic rings. The summed E-state index contributed by atoms with van der Waals surface area (Å²) in [6.45, 7) is 5.65. The van der Waals surface area contributed by atoms with E-state index < -0.39 is 15.9 Å². The van der Waals surface area contributed by atoms with Gasteiger partial charge in [-0.1, -0.05) is 12.1 Å². The van der Waals surface area contributed by atoms with Crippen molar-refractivity contribution in [1.82, 2.24) is 28.8 Å². The number of aryl methyl sites for hydroxylation is 3. The van der Waals surface area contributed by atoms with Gasteiger partial charge in [0.15, 0.2) is 0 Å². The molecule has 1 amide bonds. The van der Waals surface area contributed by atoms with Crippen LogP contribution in [0.15, 0.2) is 35.2 Å². The highest BCUT2D eigenvalue weighted by Gasteiger charge is 2.37. The second-order valence-corrected chi connectivity index (χ2v) is 11.6. The first kappa shape index (κ1) is 24.6. The number of aromatic nitrogens is 4. The fourth-order valence-electron chi connectivity index (χ4n) is 5.32. The predicted octanol–water partition coefficient (Wildman–Crippen LogP) is 2.87. The average molecular weight is 515 g/mol. The molecule has 1 saturated heterocycles. The summed E-state index contributed by atoms with van der Waals surface area (Å²) in [6.07, 6.45) is 2.02. The van der Waals surface area contributed by atoms with Crippen molar-refractivity contribution in [1.29, 1.82) is 0 Å². The van der Waals surface area contributed by atoms with E-state index in [1.807, 2.05) is 21.7 Å². The van der Waals surface area contributed by atoms with Crippen molar-refractivity contribution >= 4 is 15.9 Å². The third-order valence-electron chi connectivity index (χ3n) is 7.22. The summed E-state index contributed by atoms with van der Waals surface area (Å²) in [5.74, 6) is -0.750. The molecule has 2 aliphatic heterocycles. The molecular formula is C25H31FN6O3S. The second-order valence-electron chi connectivity index (χ2n) is 9.69. The van der Waals surface area contributed by atoms with Crippen molar-refractivity contribution in [3.63, 3.8) is 0 Å². The molecule has 11 heteroatoms. The summed E-state index contributed by atoms with van der Waals surface area (Å²) in [6, 6.07) is 8.23. The Bertz CT molecular complexity index is 1410. The summed E-state index contributed by atoms with van der Waals surface area (Å²) in [5, 5.41) is 8.91. The number of carbonyl (C=O) groups is 1. The lowest BCUT2D eigenvalue weighted by atomic mass is 9.98. The maximum absolute atomic E-state index is 13.7. The topological polar surface area (TPSA) is 93.3 Å². The molecule has 0 aliphatic carbocycles. The van der Waals surface area contributed by atoms with Crippen LogP contribution in [0, 0.1) is 25.6 Å². The first-order valence-corrected chi connectivity index (χ1v) is 13.7. The van der Waals surface area contributed by atoms with Crippen molar-refractivity contribution in [2.75, 3.05) is 19.6 Å². The van der Waals surface area contributed by atoms with Crippen LogP contribution in [-0.4, -0.2) is 62.7 Å². The Hall–Kier alpha value is -3.05. The smallest absolute Gasteiger partial charge is 0.246 e. The van der Waals surface area contributed by atoms with Crippen LogP contribution in [0.4, 0.5) is 4.39 Å². The van der Waals surface area contributed by atoms with Gasteiger partial charge >= 0.3 is 0 Å². The van der Waals surface area contributed by atoms with Crippen molar-refractivity contribution in [3.8, 4) is 11.3 Å². The number of hydrogen-bond acceptors (Lipinski definition) is 5. The first-order valence-electron chi connectivity index (χ1n) is 12.3. The van der Waals surface area contributed by atoms with Gasteiger partial charge < -0.3 is 4.90 Å². The van der Waals surface area contributed by atoms with Crippen LogP contribution < -0.4 is 0 Å². The van der Waals surface area contributed by atoms with E-state index in [1.165, 1.54) is 16.4 Å². The molecule has 5 rings (SSSR count). The van der Waals surface area contributed by atoms with E-state index in [-0.39, 0.29) is 23.2 Å². The zero-order valence-electron chi connectivity index (χ0n) is 20.8. The minimum atomic E-state index is -3.75. The maximum Gasteiger partial charge on any atom is 0.246 e. The Morgan fingerprint density at radius 3 is 2.61 bits per heavy atom. The quantitative estimate of drug-likeness (QED) is 0.534. The average Bonchev–Trinajstić information content (AvgIpc) is 3.29. The number of amides is 1. The van der Waals surface area contributed by atoms with Gasteiger partial charge in [-0.2, -0.15) is 14.5 Å². The van der Waals surface area contributed by atoms with E-state index in [2.05, 4.69) is 10.2 Å². The van der Waals surface area contributed by atoms with Gasteiger partial charge in [-0.05, 0) is 51.3 Å². The predicted molar refractivity (Wildman–Crippen MR) is 132 cm³/mol. The third kappa shape index (κ3) is 4.45. The fourth-order valence-corrected chi connectivity index (χ4v) is 7.24. The number of hydrogen-bond donors (Lipinski definition) is 0. The molecule has 2 aliphatic rings. The van der Waals surface area contributed by atoms with Crippen LogP contribution in [0.3, 0.4) is 0 Å². The highest BCUT2D eigenvalue weighted by molar-refractivity contribution is 7.89. The van der Waals surface area contributed by atoms with Crippen molar-refractivity contribution < 1.29 is 17.6 Å². The molecule has 1 fully saturated rings. The lowest BCUT2D eigenvalue weighted by Gasteiger charge is -2.34. The van der Waals surface area contributed by atoms with Gasteiger partial charge in [-0.25, -0.2) is 12.8 Å². The zero-order valence-corrected chi connectivity index (χ0v) is 21.6. The molecule has 1 aromatic carbocycles. The van der Waals surface area contributed by atoms with Crippen molar-refractivity contribution in [3.05, 3.63) is 53.2 Å². The van der Waals surface area contributed by atoms with Gasteiger partial charge in [-0.15, -0.1) is 0 Å². The van der Waals surface area contributed by atoms with Crippen LogP contribution >= 0.6 is 0 Å². The van der Waals surface area contributed by atoms with Gasteiger partial charge in [0.05, 0.1) is 35.2 Å². The van der Waals surface area contributed by atoms with Gasteiger partial charge in [0.2, 0.25) is 15.9 Å². The molecule has 0 bridgehead atoms. The Morgan fingerprint density at radius 2 is 1.89 bits per heavy atom. The van der Waals surface area contributed by atoms with Crippen molar-refractivity contribution in [2.45, 2.75) is 51.1 Å². The lowest BCUT2D eigenvalue weighted by molar-refractivity contribution is -0.137. The number of nitrogens with zero attached hydrogens (tertiary/aromatic N) is 6. The molecule has 9 nitrogen and oxygen atoms in total. The molecule has 1 atom stereocenters. The van der Waals surface area contributed by atoms with E-state index in [0.717, 1.165) is 12.1 Å². The fraction of sp³-hybridized carbons (Fsp3) is 0.480. The van der Waals surface area contributed by atoms with Gasteiger partial charge in [0.25, 0.3) is 0 Å². The van der Waals surface area contributed by atoms with Gasteiger partial charge in [0, 0.05) is 38.8 Å². The highest BCUT2D eigenvalue weighted by atomic mass is 32.2. The normalized spacial score (nSPS) is 19.2. The van der Waals surface area contributed by atoms with Gasteiger partial charge in [0.1, 0.15) is 10.7 Å². The molecule has 2 aromatic heterocycles. The minimum absolute atomic E-state index is 0.0310. The molecule has 0 saturated carbocycles. The van der Waals surface area contributed by atoms with E-state index in [0.29, 0.717) is 61.7 Å². The summed E-state index contributed by atoms with van der Waals surface area (Å²) < 4.78 is 45.6. The molecular weight excluding hydrogens is 483 g/mol. The number of fused-ring (bicyclic) bond motifs is 1. The zero-order chi connectivity index (χ0) is 25.6. The third-order valence-corrected chi connectivity index (χ3v) is 9.34. The van der Waals surface area contributed by atoms with E-state index in [4.69, 9.17) is 0 Å². The summed E-state index contributed by atoms with van der Waals surface area (Å²) in [5.41, 5.74) is 3.33. The van der Waals surface area contributed by atoms with E-state index in [9.17, 15) is 17.6 Å². The minimum Gasteiger partial charge on any atom is -0.336 e. The largest absolute Gasteiger partial charge is 0.336 e. The lowest BCUT2D eigenvalue weighted by Crippen LogP contribution is -2.46. The maximum atomic E-state index is 13.7. The molecule has 0 N–H and O–H groups in total. The second kappa shape index (κ2) is 9.44. The summed E-state index contributed by atoms with van der Waals surface area (Å²) >= 11 is 0. The Kier molecular flexibility index (Phi) is 6.46. The SMILES string of the molecule is Cc1nn(C)c(C)c1S(=O)(=O)N1CCCC(C(=O)N2CCCn3nc(-c4cccc(F)c4)cc3C2)C1. The molecule has 0 radical (unpaired) electrons. The summed E-state index contributed by atoms with van der Waals surface area (Å²) in [7, 11) is -2.02. The molecule has 0 spiro atoms. The number of halogens is 1. The van der Waals surface area contributed by atoms with Crippen LogP contribution in [0.25, 0.3) is 11.3 Å². The van der Waals surface area contributed by atoms with Crippen molar-refractivity contribution in [2.24, 2.45) is 13.0 Å². The number of sulfonamides is 1. The summed E-state index contributed by atoms with van der Waals surface area (Å²) in [4.78, 5) is 15.6. The molecule has 192 valence electrons. The molecule has 36 heavy (non-hydrogen) atoms. The van der Waals surface area contributed by atoms with E-state index >= 15 is 0 Å². The standard InChI is InChI=1S/C25H31FN6O3S/c1-17-24(18(2)29(3)27-17)36(34,35)31-11-5-8-20(15-31)25(33)30-10-6-12-32-22(16-30)14-23(28-32)19-7-4-9-21(26)13-19/h4,7,9,13-14,20H,5-6,8,10-12,15-16H2,1-3H3. The Morgan fingerprint density at radius 1 is 1.08 bits per heavy atom. The molecule has 4 heterocycles. The van der Waals surface area contributed by atoms with Crippen LogP contribution in [-0.2, 0) is 35.0 Å². The monoisotopic (exact) mass is 514 g/mol. The van der Waals surface area contributed by atoms with Crippen LogP contribution in [0.1, 0.15) is 36.3 Å². The number of benzene rings is 1. The number of carbonyl (C=O) groups excluding carboxylic acids is 1. The molecule has 1 unspecified atom stereocenters. The van der Waals surface area contributed by atoms with Crippen LogP contribution in [0.5, 0.6) is 0 Å². The number of rotatable bonds is 4. The van der Waals surface area contributed by atoms with Gasteiger partial charge in [-0.3, -0.25) is 14.2 Å². The number of piperidine rings is 1. The van der Waals surface area contributed by atoms with Crippen LogP contribution in [0.2, 0.25) is 0 Å².